The highest BCUT2D eigenvalue weighted by molar-refractivity contribution is 7.89. The van der Waals surface area contributed by atoms with Crippen molar-refractivity contribution in [2.24, 2.45) is 0 Å². The van der Waals surface area contributed by atoms with Crippen LogP contribution in [-0.4, -0.2) is 80.6 Å². The van der Waals surface area contributed by atoms with Gasteiger partial charge >= 0.3 is 0 Å². The maximum Gasteiger partial charge on any atom is 0.290 e. The average molecular weight is 500 g/mol. The van der Waals surface area contributed by atoms with E-state index in [1.807, 2.05) is 51.0 Å². The molecule has 0 spiro atoms. The smallest absolute Gasteiger partial charge is 0.290 e. The summed E-state index contributed by atoms with van der Waals surface area (Å²) in [6.07, 6.45) is 0.673. The number of sulfonamides is 1. The van der Waals surface area contributed by atoms with Gasteiger partial charge in [-0.1, -0.05) is 18.2 Å². The van der Waals surface area contributed by atoms with Crippen LogP contribution < -0.4 is 0 Å². The summed E-state index contributed by atoms with van der Waals surface area (Å²) in [5, 5.41) is 10.8. The minimum atomic E-state index is -3.65. The van der Waals surface area contributed by atoms with Gasteiger partial charge in [0.15, 0.2) is 11.5 Å². The molecule has 1 amide bonds. The van der Waals surface area contributed by atoms with Gasteiger partial charge in [0.05, 0.1) is 16.5 Å². The molecule has 8 nitrogen and oxygen atoms in total. The van der Waals surface area contributed by atoms with E-state index >= 15 is 0 Å². The normalized spacial score (nSPS) is 16.6. The Labute approximate surface area is 207 Å². The SMILES string of the molecule is Cc1ccc(C2C(C(=O)c3ccc(S(=O)(=O)N(C)C)cc3)=C(O)C(=O)N2CCCN(C)C)cc1C. The zero-order valence-corrected chi connectivity index (χ0v) is 21.9. The summed E-state index contributed by atoms with van der Waals surface area (Å²) in [7, 11) is 3.09. The zero-order chi connectivity index (χ0) is 26.1. The molecule has 2 aromatic carbocycles. The maximum absolute atomic E-state index is 13.6. The predicted molar refractivity (Wildman–Crippen MR) is 135 cm³/mol. The lowest BCUT2D eigenvalue weighted by Gasteiger charge is -2.28. The van der Waals surface area contributed by atoms with Crippen LogP contribution in [0, 0.1) is 13.8 Å². The highest BCUT2D eigenvalue weighted by Crippen LogP contribution is 2.39. The molecule has 1 aliphatic rings. The van der Waals surface area contributed by atoms with Crippen LogP contribution in [0.5, 0.6) is 0 Å². The average Bonchev–Trinajstić information content (AvgIpc) is 3.05. The number of Topliss-reactive ketones (excluding diaryl/α,β-unsaturated/α-hetero) is 1. The lowest BCUT2D eigenvalue weighted by atomic mass is 9.91. The molecule has 188 valence electrons. The molecule has 35 heavy (non-hydrogen) atoms. The number of hydrogen-bond acceptors (Lipinski definition) is 6. The van der Waals surface area contributed by atoms with Crippen molar-refractivity contribution in [1.29, 1.82) is 0 Å². The van der Waals surface area contributed by atoms with Gasteiger partial charge in [0.2, 0.25) is 10.0 Å². The number of carbonyl (C=O) groups excluding carboxylic acids is 2. The fraction of sp³-hybridized carbons (Fsp3) is 0.385. The molecule has 2 aromatic rings. The van der Waals surface area contributed by atoms with Crippen molar-refractivity contribution in [1.82, 2.24) is 14.1 Å². The Morgan fingerprint density at radius 3 is 2.17 bits per heavy atom. The summed E-state index contributed by atoms with van der Waals surface area (Å²) in [5.74, 6) is -1.65. The fourth-order valence-corrected chi connectivity index (χ4v) is 5.00. The van der Waals surface area contributed by atoms with E-state index in [-0.39, 0.29) is 16.0 Å². The van der Waals surface area contributed by atoms with Crippen molar-refractivity contribution >= 4 is 21.7 Å². The van der Waals surface area contributed by atoms with Gasteiger partial charge in [0, 0.05) is 26.2 Å². The summed E-state index contributed by atoms with van der Waals surface area (Å²) >= 11 is 0. The highest BCUT2D eigenvalue weighted by Gasteiger charge is 2.43. The Bertz CT molecular complexity index is 1260. The number of rotatable bonds is 9. The van der Waals surface area contributed by atoms with E-state index in [9.17, 15) is 23.1 Å². The molecule has 1 N–H and O–H groups in total. The van der Waals surface area contributed by atoms with Gasteiger partial charge in [-0.3, -0.25) is 9.59 Å². The van der Waals surface area contributed by atoms with Crippen LogP contribution in [0.25, 0.3) is 0 Å². The van der Waals surface area contributed by atoms with Crippen LogP contribution in [0.15, 0.2) is 58.7 Å². The highest BCUT2D eigenvalue weighted by atomic mass is 32.2. The van der Waals surface area contributed by atoms with E-state index in [1.54, 1.807) is 4.90 Å². The molecule has 1 atom stereocenters. The molecule has 1 unspecified atom stereocenters. The van der Waals surface area contributed by atoms with Crippen molar-refractivity contribution in [2.75, 3.05) is 41.3 Å². The molecule has 0 aliphatic carbocycles. The Morgan fingerprint density at radius 2 is 1.63 bits per heavy atom. The van der Waals surface area contributed by atoms with Gasteiger partial charge in [-0.2, -0.15) is 0 Å². The summed E-state index contributed by atoms with van der Waals surface area (Å²) in [6.45, 7) is 5.06. The van der Waals surface area contributed by atoms with Crippen molar-refractivity contribution in [3.05, 3.63) is 76.1 Å². The van der Waals surface area contributed by atoms with Crippen LogP contribution in [-0.2, 0) is 14.8 Å². The second-order valence-corrected chi connectivity index (χ2v) is 11.5. The third-order valence-electron chi connectivity index (χ3n) is 6.29. The maximum atomic E-state index is 13.6. The first-order valence-electron chi connectivity index (χ1n) is 11.4. The number of nitrogens with zero attached hydrogens (tertiary/aromatic N) is 3. The lowest BCUT2D eigenvalue weighted by Crippen LogP contribution is -2.33. The monoisotopic (exact) mass is 499 g/mol. The minimum absolute atomic E-state index is 0.00585. The molecular weight excluding hydrogens is 466 g/mol. The van der Waals surface area contributed by atoms with Crippen LogP contribution in [0.4, 0.5) is 0 Å². The van der Waals surface area contributed by atoms with Crippen LogP contribution >= 0.6 is 0 Å². The number of ketones is 1. The second-order valence-electron chi connectivity index (χ2n) is 9.30. The first-order valence-corrected chi connectivity index (χ1v) is 12.8. The zero-order valence-electron chi connectivity index (χ0n) is 21.1. The molecule has 9 heteroatoms. The summed E-state index contributed by atoms with van der Waals surface area (Å²) < 4.78 is 25.9. The van der Waals surface area contributed by atoms with Gasteiger partial charge < -0.3 is 14.9 Å². The number of hydrogen-bond donors (Lipinski definition) is 1. The Morgan fingerprint density at radius 1 is 1.00 bits per heavy atom. The molecular formula is C26H33N3O5S. The van der Waals surface area contributed by atoms with E-state index in [0.717, 1.165) is 27.5 Å². The fourth-order valence-electron chi connectivity index (χ4n) is 4.10. The number of aryl methyl sites for hydroxylation is 2. The molecule has 1 heterocycles. The summed E-state index contributed by atoms with van der Waals surface area (Å²) in [5.41, 5.74) is 3.04. The van der Waals surface area contributed by atoms with E-state index in [1.165, 1.54) is 38.4 Å². The molecule has 1 aliphatic heterocycles. The van der Waals surface area contributed by atoms with Crippen LogP contribution in [0.3, 0.4) is 0 Å². The first-order chi connectivity index (χ1) is 16.4. The van der Waals surface area contributed by atoms with E-state index in [4.69, 9.17) is 0 Å². The van der Waals surface area contributed by atoms with E-state index < -0.39 is 33.5 Å². The van der Waals surface area contributed by atoms with Gasteiger partial charge in [-0.25, -0.2) is 12.7 Å². The van der Waals surface area contributed by atoms with Crippen molar-refractivity contribution in [3.63, 3.8) is 0 Å². The summed E-state index contributed by atoms with van der Waals surface area (Å²) in [4.78, 5) is 30.3. The predicted octanol–water partition coefficient (Wildman–Crippen LogP) is 3.08. The molecule has 0 fully saturated rings. The third kappa shape index (κ3) is 5.32. The molecule has 0 saturated carbocycles. The standard InChI is InChI=1S/C26H33N3O5S/c1-17-8-9-20(16-18(17)2)23-22(25(31)26(32)29(23)15-7-14-27(3)4)24(30)19-10-12-21(13-11-19)35(33,34)28(5)6/h8-13,16,23,31H,7,14-15H2,1-6H3. The number of aliphatic hydroxyl groups excluding tert-OH is 1. The van der Waals surface area contributed by atoms with Crippen LogP contribution in [0.2, 0.25) is 0 Å². The first kappa shape index (κ1) is 26.6. The quantitative estimate of drug-likeness (QED) is 0.533. The second kappa shape index (κ2) is 10.3. The van der Waals surface area contributed by atoms with Crippen molar-refractivity contribution in [2.45, 2.75) is 31.2 Å². The Kier molecular flexibility index (Phi) is 7.83. The molecule has 0 radical (unpaired) electrons. The number of amides is 1. The van der Waals surface area contributed by atoms with Gasteiger partial charge in [-0.15, -0.1) is 0 Å². The number of benzene rings is 2. The Hall–Kier alpha value is -3.01. The van der Waals surface area contributed by atoms with Gasteiger partial charge in [-0.05, 0) is 81.9 Å². The van der Waals surface area contributed by atoms with E-state index in [0.29, 0.717) is 13.0 Å². The molecule has 3 rings (SSSR count). The molecule has 0 saturated heterocycles. The van der Waals surface area contributed by atoms with Gasteiger partial charge in [0.25, 0.3) is 5.91 Å². The van der Waals surface area contributed by atoms with Crippen LogP contribution in [0.1, 0.15) is 39.5 Å². The third-order valence-corrected chi connectivity index (χ3v) is 8.12. The topological polar surface area (TPSA) is 98.2 Å². The number of aliphatic hydroxyl groups is 1. The minimum Gasteiger partial charge on any atom is -0.503 e. The van der Waals surface area contributed by atoms with Crippen molar-refractivity contribution < 1.29 is 23.1 Å². The van der Waals surface area contributed by atoms with Gasteiger partial charge in [0.1, 0.15) is 0 Å². The largest absolute Gasteiger partial charge is 0.503 e. The van der Waals surface area contributed by atoms with Crippen molar-refractivity contribution in [3.8, 4) is 0 Å². The molecule has 0 aromatic heterocycles. The lowest BCUT2D eigenvalue weighted by molar-refractivity contribution is -0.129. The number of carbonyl (C=O) groups is 2. The Balaban J connectivity index is 2.03. The summed E-state index contributed by atoms with van der Waals surface area (Å²) in [6, 6.07) is 10.6. The van der Waals surface area contributed by atoms with E-state index in [2.05, 4.69) is 0 Å². The molecule has 0 bridgehead atoms.